The third-order valence-corrected chi connectivity index (χ3v) is 16.9. The van der Waals surface area contributed by atoms with Crippen molar-refractivity contribution in [2.24, 2.45) is 11.0 Å². The number of azide groups is 1. The maximum atomic E-state index is 12.7. The van der Waals surface area contributed by atoms with Crippen LogP contribution in [0.5, 0.6) is 0 Å². The van der Waals surface area contributed by atoms with Crippen molar-refractivity contribution >= 4 is 16.6 Å². The molecule has 1 saturated heterocycles. The van der Waals surface area contributed by atoms with Crippen LogP contribution in [0.2, 0.25) is 36.3 Å². The fraction of sp³-hybridized carbons (Fsp3) is 0.826. The van der Waals surface area contributed by atoms with E-state index in [1.165, 1.54) is 16.8 Å². The van der Waals surface area contributed by atoms with Gasteiger partial charge in [-0.25, -0.2) is 4.79 Å². The smallest absolute Gasteiger partial charge is 0.330 e. The van der Waals surface area contributed by atoms with Crippen molar-refractivity contribution < 1.29 is 13.6 Å². The van der Waals surface area contributed by atoms with E-state index in [2.05, 4.69) is 82.7 Å². The van der Waals surface area contributed by atoms with E-state index in [1.54, 1.807) is 0 Å². The van der Waals surface area contributed by atoms with Gasteiger partial charge in [-0.1, -0.05) is 46.7 Å². The summed E-state index contributed by atoms with van der Waals surface area (Å²) < 4.78 is 21.0. The van der Waals surface area contributed by atoms with Crippen molar-refractivity contribution in [3.05, 3.63) is 43.5 Å². The monoisotopic (exact) mass is 525 g/mol. The minimum absolute atomic E-state index is 0.0708. The third-order valence-electron chi connectivity index (χ3n) is 7.90. The van der Waals surface area contributed by atoms with Crippen LogP contribution in [-0.4, -0.2) is 51.5 Å². The highest BCUT2D eigenvalue weighted by Crippen LogP contribution is 2.45. The van der Waals surface area contributed by atoms with Crippen LogP contribution < -0.4 is 11.2 Å². The Bertz CT molecular complexity index is 1030. The van der Waals surface area contributed by atoms with Gasteiger partial charge in [0.2, 0.25) is 0 Å². The first kappa shape index (κ1) is 29.5. The van der Waals surface area contributed by atoms with Crippen LogP contribution in [0.1, 0.15) is 54.2 Å². The second-order valence-electron chi connectivity index (χ2n) is 12.4. The Morgan fingerprint density at radius 1 is 1.11 bits per heavy atom. The molecule has 0 saturated carbocycles. The van der Waals surface area contributed by atoms with Gasteiger partial charge in [-0.15, -0.1) is 0 Å². The van der Waals surface area contributed by atoms with Crippen molar-refractivity contribution in [2.75, 3.05) is 13.2 Å². The predicted molar refractivity (Wildman–Crippen MR) is 143 cm³/mol. The van der Waals surface area contributed by atoms with Crippen molar-refractivity contribution in [2.45, 2.75) is 103 Å². The fourth-order valence-corrected chi connectivity index (χ4v) is 5.99. The molecule has 0 spiro atoms. The molecule has 198 valence electrons. The Labute approximate surface area is 210 Å². The molecule has 10 nitrogen and oxygen atoms in total. The SMILES string of the molecule is CC(C)(C)[Si](C)(C)OCC[C@H]1[C@@H](O[Si](C)(C)C(C)(C)C)[C@H](n2ccc(=O)[nH]c2=O)O[C@@H]1CN=[N+]=[N-]. The number of hydrogen-bond donors (Lipinski definition) is 1. The van der Waals surface area contributed by atoms with E-state index in [9.17, 15) is 9.59 Å². The van der Waals surface area contributed by atoms with Crippen LogP contribution in [0, 0.1) is 5.92 Å². The maximum absolute atomic E-state index is 12.7. The number of hydrogen-bond acceptors (Lipinski definition) is 6. The second kappa shape index (κ2) is 10.7. The van der Waals surface area contributed by atoms with E-state index < -0.39 is 46.3 Å². The van der Waals surface area contributed by atoms with Crippen LogP contribution in [0.3, 0.4) is 0 Å². The normalized spacial score (nSPS) is 23.8. The van der Waals surface area contributed by atoms with Gasteiger partial charge in [0.15, 0.2) is 22.9 Å². The number of H-pyrrole nitrogens is 1. The van der Waals surface area contributed by atoms with Crippen LogP contribution >= 0.6 is 0 Å². The molecule has 35 heavy (non-hydrogen) atoms. The molecule has 4 atom stereocenters. The van der Waals surface area contributed by atoms with Gasteiger partial charge in [0.25, 0.3) is 5.56 Å². The van der Waals surface area contributed by atoms with Crippen molar-refractivity contribution in [1.29, 1.82) is 0 Å². The van der Waals surface area contributed by atoms with E-state index in [0.717, 1.165) is 0 Å². The van der Waals surface area contributed by atoms with Gasteiger partial charge >= 0.3 is 5.69 Å². The fourth-order valence-electron chi connectivity index (χ4n) is 3.61. The van der Waals surface area contributed by atoms with Crippen molar-refractivity contribution in [3.8, 4) is 0 Å². The molecule has 2 heterocycles. The summed E-state index contributed by atoms with van der Waals surface area (Å²) >= 11 is 0. The Hall–Kier alpha value is -1.70. The number of nitrogens with one attached hydrogen (secondary N) is 1. The standard InChI is InChI=1S/C23H43N5O5Si2/c1-22(2,3)34(7,8)31-14-12-16-17(15-25-27-24)32-20(28-13-11-18(29)26-21(28)30)19(16)33-35(9,10)23(4,5)6/h11,13,16-17,19-20H,12,14-15H2,1-10H3,(H,26,29,30)/t16-,17-,19-,20-/m1/s1. The molecular weight excluding hydrogens is 482 g/mol. The Morgan fingerprint density at radius 3 is 2.23 bits per heavy atom. The maximum Gasteiger partial charge on any atom is 0.330 e. The van der Waals surface area contributed by atoms with E-state index in [4.69, 9.17) is 19.1 Å². The number of rotatable bonds is 9. The lowest BCUT2D eigenvalue weighted by Gasteiger charge is -2.41. The molecule has 0 radical (unpaired) electrons. The largest absolute Gasteiger partial charge is 0.417 e. The van der Waals surface area contributed by atoms with Crippen LogP contribution in [0.25, 0.3) is 10.4 Å². The highest BCUT2D eigenvalue weighted by Gasteiger charge is 2.50. The van der Waals surface area contributed by atoms with Gasteiger partial charge in [-0.2, -0.15) is 0 Å². The number of aromatic nitrogens is 2. The third kappa shape index (κ3) is 6.96. The first-order chi connectivity index (χ1) is 15.9. The predicted octanol–water partition coefficient (Wildman–Crippen LogP) is 5.16. The summed E-state index contributed by atoms with van der Waals surface area (Å²) in [6.07, 6.45) is 0.387. The number of nitrogens with zero attached hydrogens (tertiary/aromatic N) is 4. The number of ether oxygens (including phenoxy) is 1. The molecule has 0 unspecified atom stereocenters. The average Bonchev–Trinajstić information content (AvgIpc) is 3.01. The Kier molecular flexibility index (Phi) is 9.06. The minimum atomic E-state index is -2.28. The van der Waals surface area contributed by atoms with Crippen molar-refractivity contribution in [3.63, 3.8) is 0 Å². The van der Waals surface area contributed by atoms with E-state index >= 15 is 0 Å². The molecule has 2 rings (SSSR count). The van der Waals surface area contributed by atoms with E-state index in [1.807, 2.05) is 0 Å². The van der Waals surface area contributed by atoms with E-state index in [-0.39, 0.29) is 22.5 Å². The lowest BCUT2D eigenvalue weighted by molar-refractivity contribution is -0.0336. The first-order valence-corrected chi connectivity index (χ1v) is 18.0. The summed E-state index contributed by atoms with van der Waals surface area (Å²) in [6, 6.07) is 1.30. The molecule has 0 amide bonds. The lowest BCUT2D eigenvalue weighted by Crippen LogP contribution is -2.48. The zero-order valence-electron chi connectivity index (χ0n) is 22.9. The Balaban J connectivity index is 2.47. The summed E-state index contributed by atoms with van der Waals surface area (Å²) in [6.45, 7) is 22.4. The van der Waals surface area contributed by atoms with Crippen LogP contribution in [-0.2, 0) is 13.6 Å². The van der Waals surface area contributed by atoms with Gasteiger partial charge in [-0.3, -0.25) is 14.3 Å². The molecule has 1 aromatic rings. The molecule has 12 heteroatoms. The van der Waals surface area contributed by atoms with Crippen molar-refractivity contribution in [1.82, 2.24) is 9.55 Å². The van der Waals surface area contributed by atoms with Gasteiger partial charge in [-0.05, 0) is 48.2 Å². The van der Waals surface area contributed by atoms with Gasteiger partial charge in [0, 0.05) is 29.7 Å². The summed E-state index contributed by atoms with van der Waals surface area (Å²) in [5.74, 6) is -0.164. The van der Waals surface area contributed by atoms with Gasteiger partial charge < -0.3 is 13.6 Å². The quantitative estimate of drug-likeness (QED) is 0.206. The highest BCUT2D eigenvalue weighted by atomic mass is 28.4. The average molecular weight is 526 g/mol. The summed E-state index contributed by atoms with van der Waals surface area (Å²) in [4.78, 5) is 29.6. The highest BCUT2D eigenvalue weighted by molar-refractivity contribution is 6.74. The molecule has 1 N–H and O–H groups in total. The molecule has 0 bridgehead atoms. The Morgan fingerprint density at radius 2 is 1.71 bits per heavy atom. The van der Waals surface area contributed by atoms with Crippen LogP contribution in [0.4, 0.5) is 0 Å². The zero-order valence-corrected chi connectivity index (χ0v) is 24.9. The van der Waals surface area contributed by atoms with Crippen LogP contribution in [0.15, 0.2) is 27.0 Å². The summed E-state index contributed by atoms with van der Waals surface area (Å²) in [5.41, 5.74) is 7.93. The van der Waals surface area contributed by atoms with E-state index in [0.29, 0.717) is 13.0 Å². The summed E-state index contributed by atoms with van der Waals surface area (Å²) in [7, 11) is -4.25. The number of aromatic amines is 1. The molecule has 1 aromatic heterocycles. The topological polar surface area (TPSA) is 131 Å². The minimum Gasteiger partial charge on any atom is -0.417 e. The summed E-state index contributed by atoms with van der Waals surface area (Å²) in [5, 5.41) is 3.78. The first-order valence-electron chi connectivity index (χ1n) is 12.2. The lowest BCUT2D eigenvalue weighted by atomic mass is 9.94. The molecule has 1 aliphatic heterocycles. The molecular formula is C23H43N5O5Si2. The second-order valence-corrected chi connectivity index (χ2v) is 22.0. The van der Waals surface area contributed by atoms with Gasteiger partial charge in [0.1, 0.15) is 0 Å². The molecule has 0 aromatic carbocycles. The molecule has 1 aliphatic rings. The molecule has 1 fully saturated rings. The van der Waals surface area contributed by atoms with Gasteiger partial charge in [0.05, 0.1) is 18.8 Å². The molecule has 0 aliphatic carbocycles. The zero-order chi connectivity index (χ0) is 26.8.